The Kier molecular flexibility index (Phi) is 6.16. The first-order valence-corrected chi connectivity index (χ1v) is 9.83. The minimum Gasteiger partial charge on any atom is -0.390 e. The van der Waals surface area contributed by atoms with Crippen molar-refractivity contribution in [1.82, 2.24) is 9.97 Å². The Balaban J connectivity index is 1.67. The Hall–Kier alpha value is -1.93. The van der Waals surface area contributed by atoms with E-state index >= 15 is 0 Å². The van der Waals surface area contributed by atoms with Gasteiger partial charge in [0.05, 0.1) is 11.2 Å². The molecule has 0 aromatic carbocycles. The first kappa shape index (κ1) is 19.8. The lowest BCUT2D eigenvalue weighted by molar-refractivity contribution is -0.000402. The minimum absolute atomic E-state index is 0.201. The number of amides is 1. The smallest absolute Gasteiger partial charge is 0.254 e. The highest BCUT2D eigenvalue weighted by Crippen LogP contribution is 2.33. The summed E-state index contributed by atoms with van der Waals surface area (Å²) in [6, 6.07) is 0.473. The van der Waals surface area contributed by atoms with Gasteiger partial charge in [0, 0.05) is 31.5 Å². The number of nitrogens with zero attached hydrogens (tertiary/aromatic N) is 2. The molecule has 0 bridgehead atoms. The Morgan fingerprint density at radius 1 is 1.15 bits per heavy atom. The van der Waals surface area contributed by atoms with Crippen molar-refractivity contribution in [3.8, 4) is 0 Å². The number of nitrogens with one attached hydrogen (secondary N) is 2. The molecule has 1 aliphatic heterocycles. The summed E-state index contributed by atoms with van der Waals surface area (Å²) in [6.07, 6.45) is 7.01. The third-order valence-electron chi connectivity index (χ3n) is 5.68. The Morgan fingerprint density at radius 2 is 1.78 bits per heavy atom. The van der Waals surface area contributed by atoms with Gasteiger partial charge < -0.3 is 26.2 Å². The van der Waals surface area contributed by atoms with E-state index in [-0.39, 0.29) is 12.1 Å². The molecule has 3 rings (SSSR count). The lowest BCUT2D eigenvalue weighted by Crippen LogP contribution is -2.37. The Labute approximate surface area is 160 Å². The second-order valence-electron chi connectivity index (χ2n) is 8.20. The number of rotatable bonds is 6. The number of carbonyl (C=O) groups is 1. The molecule has 1 aromatic rings. The van der Waals surface area contributed by atoms with Crippen LogP contribution in [-0.2, 0) is 4.74 Å². The van der Waals surface area contributed by atoms with Gasteiger partial charge in [-0.15, -0.1) is 0 Å². The van der Waals surface area contributed by atoms with E-state index in [1.807, 2.05) is 13.8 Å². The van der Waals surface area contributed by atoms with Crippen LogP contribution in [0, 0.1) is 5.92 Å². The van der Waals surface area contributed by atoms with E-state index in [4.69, 9.17) is 10.5 Å². The summed E-state index contributed by atoms with van der Waals surface area (Å²) >= 11 is 0. The van der Waals surface area contributed by atoms with E-state index in [2.05, 4.69) is 20.6 Å². The normalized spacial score (nSPS) is 24.4. The van der Waals surface area contributed by atoms with Crippen molar-refractivity contribution >= 4 is 17.7 Å². The van der Waals surface area contributed by atoms with E-state index in [1.54, 1.807) is 0 Å². The van der Waals surface area contributed by atoms with Crippen LogP contribution in [0.1, 0.15) is 62.7 Å². The highest BCUT2D eigenvalue weighted by molar-refractivity contribution is 5.97. The van der Waals surface area contributed by atoms with Gasteiger partial charge in [0.25, 0.3) is 5.91 Å². The van der Waals surface area contributed by atoms with Gasteiger partial charge in [-0.05, 0) is 58.3 Å². The van der Waals surface area contributed by atoms with Crippen LogP contribution in [0.25, 0.3) is 0 Å². The van der Waals surface area contributed by atoms with Gasteiger partial charge in [0.15, 0.2) is 0 Å². The maximum absolute atomic E-state index is 11.8. The van der Waals surface area contributed by atoms with Gasteiger partial charge in [-0.1, -0.05) is 0 Å². The maximum Gasteiger partial charge on any atom is 0.254 e. The van der Waals surface area contributed by atoms with Gasteiger partial charge >= 0.3 is 0 Å². The number of carbonyl (C=O) groups excluding carboxylic acids is 1. The van der Waals surface area contributed by atoms with Crippen LogP contribution in [-0.4, -0.2) is 51.9 Å². The lowest BCUT2D eigenvalue weighted by Gasteiger charge is -2.36. The number of anilines is 2. The molecular formula is C19H31N5O3. The summed E-state index contributed by atoms with van der Waals surface area (Å²) in [5, 5.41) is 16.9. The molecule has 2 aliphatic rings. The van der Waals surface area contributed by atoms with Crippen molar-refractivity contribution in [2.75, 3.05) is 23.8 Å². The highest BCUT2D eigenvalue weighted by atomic mass is 16.5. The van der Waals surface area contributed by atoms with Gasteiger partial charge in [-0.25, -0.2) is 4.98 Å². The minimum atomic E-state index is -0.654. The summed E-state index contributed by atoms with van der Waals surface area (Å²) in [5.41, 5.74) is 5.15. The molecule has 150 valence electrons. The second-order valence-corrected chi connectivity index (χ2v) is 8.20. The van der Waals surface area contributed by atoms with E-state index in [1.165, 1.54) is 6.20 Å². The molecular weight excluding hydrogens is 346 g/mol. The zero-order valence-corrected chi connectivity index (χ0v) is 16.2. The molecule has 2 heterocycles. The van der Waals surface area contributed by atoms with Gasteiger partial charge in [-0.2, -0.15) is 4.98 Å². The summed E-state index contributed by atoms with van der Waals surface area (Å²) < 4.78 is 5.37. The van der Waals surface area contributed by atoms with Gasteiger partial charge in [0.1, 0.15) is 5.82 Å². The molecule has 0 radical (unpaired) electrons. The Bertz CT molecular complexity index is 647. The van der Waals surface area contributed by atoms with Gasteiger partial charge in [-0.3, -0.25) is 4.79 Å². The van der Waals surface area contributed by atoms with E-state index in [0.29, 0.717) is 23.2 Å². The van der Waals surface area contributed by atoms with Crippen molar-refractivity contribution in [1.29, 1.82) is 0 Å². The fraction of sp³-hybridized carbons (Fsp3) is 0.737. The topological polar surface area (TPSA) is 122 Å². The van der Waals surface area contributed by atoms with Crippen molar-refractivity contribution in [2.45, 2.75) is 70.1 Å². The quantitative estimate of drug-likeness (QED) is 0.597. The molecule has 1 aliphatic carbocycles. The van der Waals surface area contributed by atoms with E-state index in [0.717, 1.165) is 51.7 Å². The zero-order chi connectivity index (χ0) is 19.4. The molecule has 8 nitrogen and oxygen atoms in total. The molecule has 27 heavy (non-hydrogen) atoms. The van der Waals surface area contributed by atoms with Crippen LogP contribution < -0.4 is 16.4 Å². The lowest BCUT2D eigenvalue weighted by atomic mass is 9.77. The van der Waals surface area contributed by atoms with Crippen LogP contribution in [0.5, 0.6) is 0 Å². The highest BCUT2D eigenvalue weighted by Gasteiger charge is 2.31. The van der Waals surface area contributed by atoms with Crippen LogP contribution in [0.3, 0.4) is 0 Å². The van der Waals surface area contributed by atoms with Crippen molar-refractivity contribution < 1.29 is 14.6 Å². The molecule has 1 aromatic heterocycles. The fourth-order valence-electron chi connectivity index (χ4n) is 3.90. The third kappa shape index (κ3) is 5.29. The number of aromatic nitrogens is 2. The van der Waals surface area contributed by atoms with Gasteiger partial charge in [0.2, 0.25) is 5.95 Å². The molecule has 0 spiro atoms. The summed E-state index contributed by atoms with van der Waals surface area (Å²) in [6.45, 7) is 5.20. The standard InChI is InChI=1S/C19H31N5O3/c1-19(2,26)12-3-5-13(6-4-12)22-17-15(16(20)25)11-21-18(24-17)23-14-7-9-27-10-8-14/h11-14,26H,3-10H2,1-2H3,(H2,20,25)(H2,21,22,23,24)/t12-,13-. The molecule has 5 N–H and O–H groups in total. The van der Waals surface area contributed by atoms with Crippen LogP contribution in [0.4, 0.5) is 11.8 Å². The molecule has 2 fully saturated rings. The first-order chi connectivity index (χ1) is 12.8. The first-order valence-electron chi connectivity index (χ1n) is 9.83. The second kappa shape index (κ2) is 8.39. The monoisotopic (exact) mass is 377 g/mol. The summed E-state index contributed by atoms with van der Waals surface area (Å²) in [7, 11) is 0. The molecule has 8 heteroatoms. The van der Waals surface area contributed by atoms with Crippen molar-refractivity contribution in [3.05, 3.63) is 11.8 Å². The molecule has 0 atom stereocenters. The summed E-state index contributed by atoms with van der Waals surface area (Å²) in [5.74, 6) is 0.737. The molecule has 1 saturated heterocycles. The number of nitrogens with two attached hydrogens (primary N) is 1. The number of aliphatic hydroxyl groups is 1. The molecule has 1 saturated carbocycles. The van der Waals surface area contributed by atoms with Crippen LogP contribution in [0.2, 0.25) is 0 Å². The number of primary amides is 1. The van der Waals surface area contributed by atoms with E-state index in [9.17, 15) is 9.90 Å². The van der Waals surface area contributed by atoms with Crippen molar-refractivity contribution in [2.24, 2.45) is 11.7 Å². The SMILES string of the molecule is CC(C)(O)[C@H]1CC[C@H](Nc2nc(NC3CCOCC3)ncc2C(N)=O)CC1. The Morgan fingerprint density at radius 3 is 2.37 bits per heavy atom. The molecule has 1 amide bonds. The zero-order valence-electron chi connectivity index (χ0n) is 16.2. The summed E-state index contributed by atoms with van der Waals surface area (Å²) in [4.78, 5) is 20.6. The predicted molar refractivity (Wildman–Crippen MR) is 104 cm³/mol. The number of hydrogen-bond donors (Lipinski definition) is 4. The van der Waals surface area contributed by atoms with Crippen molar-refractivity contribution in [3.63, 3.8) is 0 Å². The predicted octanol–water partition coefficient (Wildman–Crippen LogP) is 1.91. The average Bonchev–Trinajstić information content (AvgIpc) is 2.62. The molecule has 0 unspecified atom stereocenters. The van der Waals surface area contributed by atoms with Crippen LogP contribution >= 0.6 is 0 Å². The van der Waals surface area contributed by atoms with Crippen LogP contribution in [0.15, 0.2) is 6.20 Å². The number of hydrogen-bond acceptors (Lipinski definition) is 7. The maximum atomic E-state index is 11.8. The fourth-order valence-corrected chi connectivity index (χ4v) is 3.90. The number of ether oxygens (including phenoxy) is 1. The third-order valence-corrected chi connectivity index (χ3v) is 5.68. The average molecular weight is 377 g/mol. The largest absolute Gasteiger partial charge is 0.390 e. The van der Waals surface area contributed by atoms with E-state index < -0.39 is 11.5 Å².